The van der Waals surface area contributed by atoms with E-state index < -0.39 is 16.0 Å². The number of benzene rings is 2. The SMILES string of the molecule is COc1cccc2cc3c(nc12)N(S(=O)(=O)c1ccc(C(=O)O)cc1)CC3. The zero-order valence-corrected chi connectivity index (χ0v) is 15.2. The van der Waals surface area contributed by atoms with Crippen molar-refractivity contribution in [2.24, 2.45) is 0 Å². The third-order valence-electron chi connectivity index (χ3n) is 4.59. The number of pyridine rings is 1. The number of carboxylic acid groups (broad SMARTS) is 1. The minimum atomic E-state index is -3.85. The first-order chi connectivity index (χ1) is 12.9. The summed E-state index contributed by atoms with van der Waals surface area (Å²) in [7, 11) is -2.30. The van der Waals surface area contributed by atoms with Crippen LogP contribution in [0.2, 0.25) is 0 Å². The second-order valence-corrected chi connectivity index (χ2v) is 8.02. The molecule has 0 atom stereocenters. The van der Waals surface area contributed by atoms with Gasteiger partial charge < -0.3 is 9.84 Å². The number of carboxylic acids is 1. The van der Waals surface area contributed by atoms with E-state index in [0.29, 0.717) is 23.5 Å². The van der Waals surface area contributed by atoms with Crippen LogP contribution in [0.5, 0.6) is 5.75 Å². The first-order valence-corrected chi connectivity index (χ1v) is 9.68. The predicted molar refractivity (Wildman–Crippen MR) is 99.9 cm³/mol. The molecule has 2 heterocycles. The summed E-state index contributed by atoms with van der Waals surface area (Å²) in [6.07, 6.45) is 0.557. The van der Waals surface area contributed by atoms with Crippen molar-refractivity contribution in [3.05, 3.63) is 59.7 Å². The number of aromatic carboxylic acids is 1. The number of anilines is 1. The predicted octanol–water partition coefficient (Wildman–Crippen LogP) is 2.69. The van der Waals surface area contributed by atoms with Crippen LogP contribution in [-0.2, 0) is 16.4 Å². The summed E-state index contributed by atoms with van der Waals surface area (Å²) < 4.78 is 32.8. The van der Waals surface area contributed by atoms with E-state index in [2.05, 4.69) is 4.98 Å². The first-order valence-electron chi connectivity index (χ1n) is 8.24. The molecule has 27 heavy (non-hydrogen) atoms. The molecule has 0 fully saturated rings. The van der Waals surface area contributed by atoms with Crippen molar-refractivity contribution in [2.45, 2.75) is 11.3 Å². The molecule has 0 aliphatic carbocycles. The molecule has 1 aromatic heterocycles. The van der Waals surface area contributed by atoms with E-state index in [0.717, 1.165) is 10.9 Å². The number of aromatic nitrogens is 1. The maximum atomic E-state index is 13.1. The highest BCUT2D eigenvalue weighted by atomic mass is 32.2. The van der Waals surface area contributed by atoms with Gasteiger partial charge in [-0.05, 0) is 48.4 Å². The molecule has 1 aliphatic rings. The molecule has 138 valence electrons. The Morgan fingerprint density at radius 3 is 2.59 bits per heavy atom. The number of fused-ring (bicyclic) bond motifs is 2. The Morgan fingerprint density at radius 1 is 1.19 bits per heavy atom. The van der Waals surface area contributed by atoms with Crippen LogP contribution in [0.15, 0.2) is 53.4 Å². The summed E-state index contributed by atoms with van der Waals surface area (Å²) in [5.41, 5.74) is 1.48. The van der Waals surface area contributed by atoms with E-state index in [9.17, 15) is 13.2 Å². The van der Waals surface area contributed by atoms with Gasteiger partial charge in [0.05, 0.1) is 17.6 Å². The molecule has 0 unspecified atom stereocenters. The molecule has 1 aliphatic heterocycles. The number of hydrogen-bond acceptors (Lipinski definition) is 5. The largest absolute Gasteiger partial charge is 0.494 e. The summed E-state index contributed by atoms with van der Waals surface area (Å²) in [5.74, 6) is -0.148. The Labute approximate surface area is 155 Å². The molecule has 3 aromatic rings. The van der Waals surface area contributed by atoms with Crippen molar-refractivity contribution in [1.29, 1.82) is 0 Å². The fourth-order valence-corrected chi connectivity index (χ4v) is 4.68. The van der Waals surface area contributed by atoms with Crippen LogP contribution in [0.1, 0.15) is 15.9 Å². The highest BCUT2D eigenvalue weighted by molar-refractivity contribution is 7.92. The summed E-state index contributed by atoms with van der Waals surface area (Å²) >= 11 is 0. The molecule has 0 spiro atoms. The standard InChI is InChI=1S/C19H16N2O5S/c1-26-16-4-2-3-13-11-14-9-10-21(18(14)20-17(13)16)27(24,25)15-7-5-12(6-8-15)19(22)23/h2-8,11H,9-10H2,1H3,(H,22,23). The van der Waals surface area contributed by atoms with Crippen molar-refractivity contribution in [3.8, 4) is 5.75 Å². The fraction of sp³-hybridized carbons (Fsp3) is 0.158. The number of sulfonamides is 1. The lowest BCUT2D eigenvalue weighted by Gasteiger charge is -2.19. The second kappa shape index (κ2) is 6.24. The Bertz CT molecular complexity index is 1160. The van der Waals surface area contributed by atoms with Crippen LogP contribution in [0.25, 0.3) is 10.9 Å². The zero-order valence-electron chi connectivity index (χ0n) is 14.4. The van der Waals surface area contributed by atoms with Gasteiger partial charge in [-0.25, -0.2) is 22.5 Å². The van der Waals surface area contributed by atoms with Gasteiger partial charge in [-0.3, -0.25) is 0 Å². The van der Waals surface area contributed by atoms with E-state index >= 15 is 0 Å². The summed E-state index contributed by atoms with van der Waals surface area (Å²) in [4.78, 5) is 15.6. The van der Waals surface area contributed by atoms with Crippen LogP contribution < -0.4 is 9.04 Å². The molecular weight excluding hydrogens is 368 g/mol. The van der Waals surface area contributed by atoms with Crippen LogP contribution in [0, 0.1) is 0 Å². The monoisotopic (exact) mass is 384 g/mol. The minimum Gasteiger partial charge on any atom is -0.494 e. The molecule has 8 heteroatoms. The number of para-hydroxylation sites is 1. The van der Waals surface area contributed by atoms with Crippen LogP contribution in [0.3, 0.4) is 0 Å². The Hall–Kier alpha value is -3.13. The van der Waals surface area contributed by atoms with Gasteiger partial charge in [0, 0.05) is 11.9 Å². The van der Waals surface area contributed by atoms with E-state index in [4.69, 9.17) is 9.84 Å². The van der Waals surface area contributed by atoms with Crippen molar-refractivity contribution < 1.29 is 23.1 Å². The second-order valence-electron chi connectivity index (χ2n) is 6.16. The van der Waals surface area contributed by atoms with Crippen LogP contribution in [-0.4, -0.2) is 38.1 Å². The number of carbonyl (C=O) groups is 1. The van der Waals surface area contributed by atoms with E-state index in [1.807, 2.05) is 18.2 Å². The summed E-state index contributed by atoms with van der Waals surface area (Å²) in [5, 5.41) is 9.88. The third-order valence-corrected chi connectivity index (χ3v) is 6.40. The molecule has 2 aromatic carbocycles. The average molecular weight is 384 g/mol. The number of methoxy groups -OCH3 is 1. The Balaban J connectivity index is 1.81. The third kappa shape index (κ3) is 2.78. The topological polar surface area (TPSA) is 96.8 Å². The quantitative estimate of drug-likeness (QED) is 0.743. The number of ether oxygens (including phenoxy) is 1. The van der Waals surface area contributed by atoms with Gasteiger partial charge in [-0.15, -0.1) is 0 Å². The van der Waals surface area contributed by atoms with E-state index in [1.54, 1.807) is 13.2 Å². The molecule has 0 bridgehead atoms. The van der Waals surface area contributed by atoms with Crippen LogP contribution in [0.4, 0.5) is 5.82 Å². The normalized spacial score (nSPS) is 13.6. The van der Waals surface area contributed by atoms with Crippen molar-refractivity contribution in [1.82, 2.24) is 4.98 Å². The maximum Gasteiger partial charge on any atom is 0.335 e. The van der Waals surface area contributed by atoms with Gasteiger partial charge in [0.15, 0.2) is 0 Å². The molecule has 0 saturated carbocycles. The molecule has 7 nitrogen and oxygen atoms in total. The number of hydrogen-bond donors (Lipinski definition) is 1. The molecule has 0 amide bonds. The minimum absolute atomic E-state index is 0.0299. The maximum absolute atomic E-state index is 13.1. The molecule has 4 rings (SSSR count). The van der Waals surface area contributed by atoms with Crippen molar-refractivity contribution in [2.75, 3.05) is 18.0 Å². The van der Waals surface area contributed by atoms with Gasteiger partial charge in [0.1, 0.15) is 17.1 Å². The van der Waals surface area contributed by atoms with Crippen molar-refractivity contribution in [3.63, 3.8) is 0 Å². The molecule has 0 saturated heterocycles. The van der Waals surface area contributed by atoms with E-state index in [1.165, 1.54) is 28.6 Å². The van der Waals surface area contributed by atoms with E-state index in [-0.39, 0.29) is 17.0 Å². The molecule has 1 N–H and O–H groups in total. The lowest BCUT2D eigenvalue weighted by molar-refractivity contribution is 0.0696. The number of rotatable bonds is 4. The fourth-order valence-electron chi connectivity index (χ4n) is 3.23. The smallest absolute Gasteiger partial charge is 0.335 e. The summed E-state index contributed by atoms with van der Waals surface area (Å²) in [6, 6.07) is 12.7. The van der Waals surface area contributed by atoms with Gasteiger partial charge in [-0.1, -0.05) is 12.1 Å². The van der Waals surface area contributed by atoms with Gasteiger partial charge in [0.2, 0.25) is 0 Å². The lowest BCUT2D eigenvalue weighted by atomic mass is 10.1. The van der Waals surface area contributed by atoms with Gasteiger partial charge >= 0.3 is 5.97 Å². The molecule has 0 radical (unpaired) electrons. The van der Waals surface area contributed by atoms with Crippen LogP contribution >= 0.6 is 0 Å². The Kier molecular flexibility index (Phi) is 4.00. The highest BCUT2D eigenvalue weighted by Gasteiger charge is 2.32. The Morgan fingerprint density at radius 2 is 1.93 bits per heavy atom. The van der Waals surface area contributed by atoms with Gasteiger partial charge in [0.25, 0.3) is 10.0 Å². The first kappa shape index (κ1) is 17.3. The average Bonchev–Trinajstić information content (AvgIpc) is 3.09. The molecular formula is C19H16N2O5S. The van der Waals surface area contributed by atoms with Gasteiger partial charge in [-0.2, -0.15) is 0 Å². The summed E-state index contributed by atoms with van der Waals surface area (Å²) in [6.45, 7) is 0.282. The lowest BCUT2D eigenvalue weighted by Crippen LogP contribution is -2.29. The number of nitrogens with zero attached hydrogens (tertiary/aromatic N) is 2. The zero-order chi connectivity index (χ0) is 19.2. The highest BCUT2D eigenvalue weighted by Crippen LogP contribution is 2.35. The van der Waals surface area contributed by atoms with Crippen molar-refractivity contribution >= 4 is 32.7 Å².